The van der Waals surface area contributed by atoms with Crippen LogP contribution in [0.5, 0.6) is 0 Å². The fourth-order valence-corrected chi connectivity index (χ4v) is 2.47. The molecule has 0 heteroatoms. The third-order valence-electron chi connectivity index (χ3n) is 3.82. The molecule has 0 radical (unpaired) electrons. The Hall–Kier alpha value is -1.56. The SMILES string of the molecule is CC(C)c1cccc(-c2cccc(C3CC3)c2)c1. The summed E-state index contributed by atoms with van der Waals surface area (Å²) >= 11 is 0. The molecule has 2 aromatic rings. The summed E-state index contributed by atoms with van der Waals surface area (Å²) in [7, 11) is 0. The maximum atomic E-state index is 2.37. The minimum Gasteiger partial charge on any atom is -0.0614 e. The van der Waals surface area contributed by atoms with Gasteiger partial charge < -0.3 is 0 Å². The predicted octanol–water partition coefficient (Wildman–Crippen LogP) is 5.35. The van der Waals surface area contributed by atoms with Crippen molar-refractivity contribution in [1.82, 2.24) is 0 Å². The topological polar surface area (TPSA) is 0 Å². The van der Waals surface area contributed by atoms with Gasteiger partial charge in [0.2, 0.25) is 0 Å². The summed E-state index contributed by atoms with van der Waals surface area (Å²) in [6, 6.07) is 18.0. The van der Waals surface area contributed by atoms with Crippen molar-refractivity contribution in [2.24, 2.45) is 0 Å². The van der Waals surface area contributed by atoms with Gasteiger partial charge in [0.15, 0.2) is 0 Å². The van der Waals surface area contributed by atoms with Crippen LogP contribution >= 0.6 is 0 Å². The standard InChI is InChI=1S/C18H20/c1-13(2)15-5-3-7-17(11-15)18-8-4-6-16(12-18)14-9-10-14/h3-8,11-14H,9-10H2,1-2H3. The first kappa shape index (κ1) is 11.5. The van der Waals surface area contributed by atoms with Crippen LogP contribution in [0, 0.1) is 0 Å². The molecule has 1 fully saturated rings. The van der Waals surface area contributed by atoms with Crippen molar-refractivity contribution in [1.29, 1.82) is 0 Å². The third-order valence-corrected chi connectivity index (χ3v) is 3.82. The monoisotopic (exact) mass is 236 g/mol. The van der Waals surface area contributed by atoms with Gasteiger partial charge in [-0.05, 0) is 46.9 Å². The van der Waals surface area contributed by atoms with Gasteiger partial charge in [-0.2, -0.15) is 0 Å². The highest BCUT2D eigenvalue weighted by molar-refractivity contribution is 5.65. The molecule has 1 aliphatic rings. The first-order chi connectivity index (χ1) is 8.74. The largest absolute Gasteiger partial charge is 0.0614 e. The number of rotatable bonds is 3. The molecule has 0 aliphatic heterocycles. The summed E-state index contributed by atoms with van der Waals surface area (Å²) in [6.07, 6.45) is 2.74. The molecule has 1 saturated carbocycles. The number of benzene rings is 2. The van der Waals surface area contributed by atoms with Gasteiger partial charge in [-0.1, -0.05) is 62.4 Å². The van der Waals surface area contributed by atoms with Gasteiger partial charge in [0, 0.05) is 0 Å². The fraction of sp³-hybridized carbons (Fsp3) is 0.333. The molecule has 0 unspecified atom stereocenters. The molecule has 0 aromatic heterocycles. The van der Waals surface area contributed by atoms with Gasteiger partial charge in [-0.25, -0.2) is 0 Å². The molecule has 0 bridgehead atoms. The normalized spacial score (nSPS) is 15.1. The Kier molecular flexibility index (Phi) is 2.95. The van der Waals surface area contributed by atoms with Crippen molar-refractivity contribution in [2.45, 2.75) is 38.5 Å². The highest BCUT2D eigenvalue weighted by Gasteiger charge is 2.23. The second-order valence-corrected chi connectivity index (χ2v) is 5.68. The summed E-state index contributed by atoms with van der Waals surface area (Å²) in [5.74, 6) is 1.43. The zero-order valence-corrected chi connectivity index (χ0v) is 11.2. The van der Waals surface area contributed by atoms with Gasteiger partial charge in [0.1, 0.15) is 0 Å². The predicted molar refractivity (Wildman–Crippen MR) is 77.9 cm³/mol. The van der Waals surface area contributed by atoms with E-state index in [1.54, 1.807) is 0 Å². The van der Waals surface area contributed by atoms with Crippen molar-refractivity contribution >= 4 is 0 Å². The van der Waals surface area contributed by atoms with Crippen LogP contribution in [-0.4, -0.2) is 0 Å². The van der Waals surface area contributed by atoms with Crippen LogP contribution < -0.4 is 0 Å². The lowest BCUT2D eigenvalue weighted by atomic mass is 9.96. The van der Waals surface area contributed by atoms with Crippen LogP contribution in [-0.2, 0) is 0 Å². The smallest absolute Gasteiger partial charge is 0.0161 e. The molecule has 0 saturated heterocycles. The third kappa shape index (κ3) is 2.33. The van der Waals surface area contributed by atoms with Gasteiger partial charge in [-0.3, -0.25) is 0 Å². The van der Waals surface area contributed by atoms with E-state index in [-0.39, 0.29) is 0 Å². The van der Waals surface area contributed by atoms with Crippen molar-refractivity contribution in [3.8, 4) is 11.1 Å². The molecule has 0 atom stereocenters. The summed E-state index contributed by atoms with van der Waals surface area (Å²) in [5.41, 5.74) is 5.65. The lowest BCUT2D eigenvalue weighted by Gasteiger charge is -2.09. The highest BCUT2D eigenvalue weighted by atomic mass is 14.3. The van der Waals surface area contributed by atoms with E-state index >= 15 is 0 Å². The summed E-state index contributed by atoms with van der Waals surface area (Å²) in [4.78, 5) is 0. The molecule has 0 N–H and O–H groups in total. The minimum atomic E-state index is 0.594. The Morgan fingerprint density at radius 3 is 2.22 bits per heavy atom. The van der Waals surface area contributed by atoms with Crippen LogP contribution in [0.1, 0.15) is 49.7 Å². The van der Waals surface area contributed by atoms with Crippen LogP contribution in [0.4, 0.5) is 0 Å². The molecular formula is C18H20. The molecule has 0 spiro atoms. The van der Waals surface area contributed by atoms with Crippen molar-refractivity contribution in [3.05, 3.63) is 59.7 Å². The van der Waals surface area contributed by atoms with Crippen LogP contribution in [0.15, 0.2) is 48.5 Å². The van der Waals surface area contributed by atoms with Crippen molar-refractivity contribution in [3.63, 3.8) is 0 Å². The molecule has 3 rings (SSSR count). The van der Waals surface area contributed by atoms with Crippen LogP contribution in [0.3, 0.4) is 0 Å². The van der Waals surface area contributed by atoms with Gasteiger partial charge in [0.05, 0.1) is 0 Å². The Morgan fingerprint density at radius 1 is 0.889 bits per heavy atom. The molecule has 2 aromatic carbocycles. The zero-order valence-electron chi connectivity index (χ0n) is 11.2. The van der Waals surface area contributed by atoms with E-state index < -0.39 is 0 Å². The molecular weight excluding hydrogens is 216 g/mol. The Labute approximate surface area is 110 Å². The summed E-state index contributed by atoms with van der Waals surface area (Å²) in [6.45, 7) is 4.50. The van der Waals surface area contributed by atoms with E-state index in [4.69, 9.17) is 0 Å². The Bertz CT molecular complexity index is 504. The number of hydrogen-bond donors (Lipinski definition) is 0. The second kappa shape index (κ2) is 4.61. The Morgan fingerprint density at radius 2 is 1.56 bits per heavy atom. The first-order valence-corrected chi connectivity index (χ1v) is 6.94. The summed E-state index contributed by atoms with van der Waals surface area (Å²) in [5, 5.41) is 0. The molecule has 92 valence electrons. The van der Waals surface area contributed by atoms with E-state index in [2.05, 4.69) is 62.4 Å². The molecule has 1 aliphatic carbocycles. The van der Waals surface area contributed by atoms with E-state index in [1.807, 2.05) is 0 Å². The average Bonchev–Trinajstić information content (AvgIpc) is 3.23. The van der Waals surface area contributed by atoms with Gasteiger partial charge >= 0.3 is 0 Å². The van der Waals surface area contributed by atoms with Gasteiger partial charge in [0.25, 0.3) is 0 Å². The molecule has 0 amide bonds. The quantitative estimate of drug-likeness (QED) is 0.673. The van der Waals surface area contributed by atoms with Crippen LogP contribution in [0.25, 0.3) is 11.1 Å². The van der Waals surface area contributed by atoms with E-state index in [0.717, 1.165) is 5.92 Å². The average molecular weight is 236 g/mol. The maximum absolute atomic E-state index is 2.37. The number of hydrogen-bond acceptors (Lipinski definition) is 0. The lowest BCUT2D eigenvalue weighted by Crippen LogP contribution is -1.88. The fourth-order valence-electron chi connectivity index (χ4n) is 2.47. The van der Waals surface area contributed by atoms with Crippen LogP contribution in [0.2, 0.25) is 0 Å². The maximum Gasteiger partial charge on any atom is -0.0161 e. The second-order valence-electron chi connectivity index (χ2n) is 5.68. The molecule has 0 heterocycles. The molecule has 18 heavy (non-hydrogen) atoms. The lowest BCUT2D eigenvalue weighted by molar-refractivity contribution is 0.867. The first-order valence-electron chi connectivity index (χ1n) is 6.94. The minimum absolute atomic E-state index is 0.594. The highest BCUT2D eigenvalue weighted by Crippen LogP contribution is 2.41. The Balaban J connectivity index is 1.98. The van der Waals surface area contributed by atoms with E-state index in [0.29, 0.717) is 5.92 Å². The van der Waals surface area contributed by atoms with Crippen molar-refractivity contribution < 1.29 is 0 Å². The van der Waals surface area contributed by atoms with Crippen molar-refractivity contribution in [2.75, 3.05) is 0 Å². The zero-order chi connectivity index (χ0) is 12.5. The van der Waals surface area contributed by atoms with E-state index in [1.165, 1.54) is 35.1 Å². The molecule has 0 nitrogen and oxygen atoms in total. The van der Waals surface area contributed by atoms with E-state index in [9.17, 15) is 0 Å². The van der Waals surface area contributed by atoms with Gasteiger partial charge in [-0.15, -0.1) is 0 Å². The summed E-state index contributed by atoms with van der Waals surface area (Å²) < 4.78 is 0.